The molecule has 2 heterocycles. The van der Waals surface area contributed by atoms with E-state index in [0.29, 0.717) is 37.8 Å². The minimum atomic E-state index is -0.827. The Balaban J connectivity index is 2.01. The Bertz CT molecular complexity index is 1590. The molecule has 8 nitrogen and oxygen atoms in total. The minimum absolute atomic E-state index is 0.0418. The van der Waals surface area contributed by atoms with E-state index in [1.807, 2.05) is 32.0 Å². The maximum atomic E-state index is 14.0. The van der Waals surface area contributed by atoms with Gasteiger partial charge >= 0.3 is 5.97 Å². The van der Waals surface area contributed by atoms with Gasteiger partial charge in [0.05, 0.1) is 42.7 Å². The molecular formula is C28H29BrN2O6S. The van der Waals surface area contributed by atoms with E-state index in [1.165, 1.54) is 15.9 Å². The average molecular weight is 602 g/mol. The predicted molar refractivity (Wildman–Crippen MR) is 150 cm³/mol. The number of benzene rings is 2. The quantitative estimate of drug-likeness (QED) is 0.357. The highest BCUT2D eigenvalue weighted by molar-refractivity contribution is 9.10. The largest absolute Gasteiger partial charge is 0.497 e. The Kier molecular flexibility index (Phi) is 8.42. The number of carbonyl (C=O) groups is 1. The average Bonchev–Trinajstić information content (AvgIpc) is 3.18. The summed E-state index contributed by atoms with van der Waals surface area (Å²) in [6.07, 6.45) is 1.75. The monoisotopic (exact) mass is 600 g/mol. The molecule has 0 saturated carbocycles. The Labute approximate surface area is 233 Å². The standard InChI is InChI=1S/C28H29BrN2O6S/c1-7-36-27(33)24-16(4)30-28-31(25(24)20-14-19(34-5)9-11-22(20)35-6)26(32)23(38-28)13-17-12-18(29)8-10-21(17)37-15(2)3/h8-15,25H,7H2,1-6H3/b23-13+/t25-/m0/s1. The second kappa shape index (κ2) is 11.6. The van der Waals surface area contributed by atoms with Crippen LogP contribution in [0.3, 0.4) is 0 Å². The predicted octanol–water partition coefficient (Wildman–Crippen LogP) is 4.37. The molecule has 0 aliphatic carbocycles. The van der Waals surface area contributed by atoms with E-state index in [9.17, 15) is 9.59 Å². The van der Waals surface area contributed by atoms with Gasteiger partial charge in [-0.05, 0) is 70.2 Å². The highest BCUT2D eigenvalue weighted by Gasteiger charge is 2.35. The molecule has 1 aromatic heterocycles. The zero-order valence-electron chi connectivity index (χ0n) is 22.0. The second-order valence-corrected chi connectivity index (χ2v) is 10.7. The second-order valence-electron chi connectivity index (χ2n) is 8.76. The number of allylic oxidation sites excluding steroid dienone is 1. The van der Waals surface area contributed by atoms with E-state index in [4.69, 9.17) is 18.9 Å². The molecule has 0 amide bonds. The fourth-order valence-corrected chi connectivity index (χ4v) is 5.69. The van der Waals surface area contributed by atoms with Crippen LogP contribution in [-0.2, 0) is 9.53 Å². The number of halogens is 1. The van der Waals surface area contributed by atoms with Gasteiger partial charge in [-0.2, -0.15) is 0 Å². The molecule has 0 saturated heterocycles. The number of thiazole rings is 1. The van der Waals surface area contributed by atoms with Crippen LogP contribution in [0.1, 0.15) is 44.9 Å². The molecule has 2 aromatic carbocycles. The molecule has 1 aliphatic heterocycles. The Hall–Kier alpha value is -3.37. The first-order valence-electron chi connectivity index (χ1n) is 12.1. The van der Waals surface area contributed by atoms with Gasteiger partial charge in [-0.15, -0.1) is 0 Å². The molecule has 0 fully saturated rings. The molecule has 1 atom stereocenters. The summed E-state index contributed by atoms with van der Waals surface area (Å²) in [7, 11) is 3.10. The van der Waals surface area contributed by atoms with Crippen LogP contribution in [0.25, 0.3) is 6.08 Å². The smallest absolute Gasteiger partial charge is 0.338 e. The van der Waals surface area contributed by atoms with E-state index in [2.05, 4.69) is 20.9 Å². The fraction of sp³-hybridized carbons (Fsp3) is 0.321. The van der Waals surface area contributed by atoms with Gasteiger partial charge in [-0.1, -0.05) is 27.3 Å². The number of methoxy groups -OCH3 is 2. The van der Waals surface area contributed by atoms with Crippen LogP contribution in [0.15, 0.2) is 61.9 Å². The summed E-state index contributed by atoms with van der Waals surface area (Å²) in [5, 5.41) is 0. The normalized spacial score (nSPS) is 15.3. The lowest BCUT2D eigenvalue weighted by Gasteiger charge is -2.26. The van der Waals surface area contributed by atoms with Crippen LogP contribution in [-0.4, -0.2) is 37.5 Å². The van der Waals surface area contributed by atoms with Crippen molar-refractivity contribution in [3.63, 3.8) is 0 Å². The van der Waals surface area contributed by atoms with Crippen LogP contribution >= 0.6 is 27.3 Å². The van der Waals surface area contributed by atoms with Crippen molar-refractivity contribution in [3.05, 3.63) is 83.0 Å². The van der Waals surface area contributed by atoms with Crippen LogP contribution in [0.4, 0.5) is 0 Å². The molecule has 200 valence electrons. The van der Waals surface area contributed by atoms with Crippen molar-refractivity contribution in [1.29, 1.82) is 0 Å². The van der Waals surface area contributed by atoms with Gasteiger partial charge < -0.3 is 18.9 Å². The number of aromatic nitrogens is 1. The number of nitrogens with zero attached hydrogens (tertiary/aromatic N) is 2. The molecule has 0 unspecified atom stereocenters. The van der Waals surface area contributed by atoms with E-state index >= 15 is 0 Å². The zero-order chi connectivity index (χ0) is 27.6. The molecule has 0 N–H and O–H groups in total. The van der Waals surface area contributed by atoms with Crippen LogP contribution < -0.4 is 29.1 Å². The summed E-state index contributed by atoms with van der Waals surface area (Å²) in [6, 6.07) is 10.1. The number of fused-ring (bicyclic) bond motifs is 1. The first-order valence-corrected chi connectivity index (χ1v) is 13.7. The lowest BCUT2D eigenvalue weighted by molar-refractivity contribution is -0.139. The summed E-state index contributed by atoms with van der Waals surface area (Å²) in [5.74, 6) is 1.17. The van der Waals surface area contributed by atoms with Crippen molar-refractivity contribution in [2.24, 2.45) is 4.99 Å². The molecule has 3 aromatic rings. The lowest BCUT2D eigenvalue weighted by Crippen LogP contribution is -2.40. The summed E-state index contributed by atoms with van der Waals surface area (Å²) in [6.45, 7) is 7.55. The molecular weight excluding hydrogens is 572 g/mol. The molecule has 0 bridgehead atoms. The number of ether oxygens (including phenoxy) is 4. The third kappa shape index (κ3) is 5.42. The van der Waals surface area contributed by atoms with Crippen molar-refractivity contribution in [3.8, 4) is 17.2 Å². The Morgan fingerprint density at radius 1 is 1.16 bits per heavy atom. The number of carbonyl (C=O) groups excluding carboxylic acids is 1. The summed E-state index contributed by atoms with van der Waals surface area (Å²) < 4.78 is 25.3. The third-order valence-electron chi connectivity index (χ3n) is 5.87. The van der Waals surface area contributed by atoms with Crippen LogP contribution in [0.2, 0.25) is 0 Å². The molecule has 38 heavy (non-hydrogen) atoms. The van der Waals surface area contributed by atoms with Gasteiger partial charge in [0.15, 0.2) is 4.80 Å². The van der Waals surface area contributed by atoms with Crippen molar-refractivity contribution in [1.82, 2.24) is 4.57 Å². The van der Waals surface area contributed by atoms with Crippen LogP contribution in [0, 0.1) is 0 Å². The summed E-state index contributed by atoms with van der Waals surface area (Å²) in [5.41, 5.74) is 1.77. The minimum Gasteiger partial charge on any atom is -0.497 e. The first kappa shape index (κ1) is 27.7. The topological polar surface area (TPSA) is 88.4 Å². The molecule has 0 spiro atoms. The molecule has 4 rings (SSSR count). The van der Waals surface area contributed by atoms with E-state index in [0.717, 1.165) is 10.0 Å². The van der Waals surface area contributed by atoms with Gasteiger partial charge in [0.25, 0.3) is 5.56 Å². The van der Waals surface area contributed by atoms with Crippen molar-refractivity contribution in [2.45, 2.75) is 39.8 Å². The van der Waals surface area contributed by atoms with Crippen molar-refractivity contribution < 1.29 is 23.7 Å². The third-order valence-corrected chi connectivity index (χ3v) is 7.35. The number of esters is 1. The van der Waals surface area contributed by atoms with Crippen LogP contribution in [0.5, 0.6) is 17.2 Å². The molecule has 0 radical (unpaired) electrons. The van der Waals surface area contributed by atoms with Gasteiger partial charge in [0.2, 0.25) is 0 Å². The number of rotatable bonds is 8. The number of hydrogen-bond donors (Lipinski definition) is 0. The summed E-state index contributed by atoms with van der Waals surface area (Å²) >= 11 is 4.75. The Morgan fingerprint density at radius 3 is 2.55 bits per heavy atom. The Morgan fingerprint density at radius 2 is 1.89 bits per heavy atom. The van der Waals surface area contributed by atoms with Gasteiger partial charge in [0.1, 0.15) is 23.3 Å². The SMILES string of the molecule is CCOC(=O)C1=C(C)N=c2s/c(=C/c3cc(Br)ccc3OC(C)C)c(=O)n2[C@H]1c1cc(OC)ccc1OC. The lowest BCUT2D eigenvalue weighted by atomic mass is 9.94. The van der Waals surface area contributed by atoms with E-state index in [-0.39, 0.29) is 23.8 Å². The highest BCUT2D eigenvalue weighted by Crippen LogP contribution is 2.38. The maximum absolute atomic E-state index is 14.0. The number of hydrogen-bond acceptors (Lipinski definition) is 8. The fourth-order valence-electron chi connectivity index (χ4n) is 4.27. The van der Waals surface area contributed by atoms with E-state index < -0.39 is 12.0 Å². The maximum Gasteiger partial charge on any atom is 0.338 e. The molecule has 10 heteroatoms. The van der Waals surface area contributed by atoms with Gasteiger partial charge in [-0.3, -0.25) is 9.36 Å². The van der Waals surface area contributed by atoms with Gasteiger partial charge in [-0.25, -0.2) is 9.79 Å². The van der Waals surface area contributed by atoms with Crippen molar-refractivity contribution in [2.75, 3.05) is 20.8 Å². The summed E-state index contributed by atoms with van der Waals surface area (Å²) in [4.78, 5) is 32.3. The highest BCUT2D eigenvalue weighted by atomic mass is 79.9. The molecule has 1 aliphatic rings. The zero-order valence-corrected chi connectivity index (χ0v) is 24.4. The first-order chi connectivity index (χ1) is 18.2. The van der Waals surface area contributed by atoms with Gasteiger partial charge in [0, 0.05) is 15.6 Å². The van der Waals surface area contributed by atoms with Crippen molar-refractivity contribution >= 4 is 39.3 Å². The van der Waals surface area contributed by atoms with E-state index in [1.54, 1.807) is 52.3 Å².